The van der Waals surface area contributed by atoms with E-state index in [4.69, 9.17) is 29.3 Å². The standard InChI is InChI=1S/C49H29N5OS/c1-4-12-30(13-5-1)31-20-22-32(23-21-31)43-45-44(38-18-10-11-19-40(38)55-45)51-48(50-43)35-25-27-41-39(28-35)37-26-24-36(29-42(37)56-41)49-53-46(33-14-6-2-7-15-33)52-47(54-49)34-16-8-3-9-17-34/h1-29H. The minimum Gasteiger partial charge on any atom is -0.452 e. The summed E-state index contributed by atoms with van der Waals surface area (Å²) in [6.07, 6.45) is 0. The van der Waals surface area contributed by atoms with Gasteiger partial charge in [-0.05, 0) is 47.5 Å². The molecule has 0 aliphatic carbocycles. The molecular formula is C49H29N5OS. The molecule has 0 amide bonds. The van der Waals surface area contributed by atoms with E-state index in [2.05, 4.69) is 91.0 Å². The van der Waals surface area contributed by atoms with Crippen LogP contribution in [0.3, 0.4) is 0 Å². The highest BCUT2D eigenvalue weighted by molar-refractivity contribution is 7.25. The summed E-state index contributed by atoms with van der Waals surface area (Å²) in [6, 6.07) is 60.1. The molecule has 0 bridgehead atoms. The molecule has 4 aromatic heterocycles. The number of aromatic nitrogens is 5. The van der Waals surface area contributed by atoms with Crippen LogP contribution in [0.1, 0.15) is 0 Å². The van der Waals surface area contributed by atoms with Crippen LogP contribution in [-0.4, -0.2) is 24.9 Å². The third kappa shape index (κ3) is 5.61. The van der Waals surface area contributed by atoms with E-state index < -0.39 is 0 Å². The summed E-state index contributed by atoms with van der Waals surface area (Å²) in [6.45, 7) is 0. The van der Waals surface area contributed by atoms with E-state index >= 15 is 0 Å². The summed E-state index contributed by atoms with van der Waals surface area (Å²) in [5.41, 5.74) is 10.1. The van der Waals surface area contributed by atoms with Crippen LogP contribution in [-0.2, 0) is 0 Å². The molecule has 6 nitrogen and oxygen atoms in total. The average Bonchev–Trinajstić information content (AvgIpc) is 3.84. The Morgan fingerprint density at radius 2 is 0.857 bits per heavy atom. The summed E-state index contributed by atoms with van der Waals surface area (Å²) in [4.78, 5) is 25.2. The van der Waals surface area contributed by atoms with Crippen LogP contribution < -0.4 is 0 Å². The molecule has 11 aromatic rings. The van der Waals surface area contributed by atoms with Gasteiger partial charge >= 0.3 is 0 Å². The minimum absolute atomic E-state index is 0.635. The fourth-order valence-corrected chi connectivity index (χ4v) is 8.49. The van der Waals surface area contributed by atoms with Crippen molar-refractivity contribution in [3.05, 3.63) is 176 Å². The Morgan fingerprint density at radius 1 is 0.339 bits per heavy atom. The van der Waals surface area contributed by atoms with Crippen molar-refractivity contribution < 1.29 is 4.42 Å². The number of nitrogens with zero attached hydrogens (tertiary/aromatic N) is 5. The Kier molecular flexibility index (Phi) is 7.57. The van der Waals surface area contributed by atoms with Gasteiger partial charge in [0, 0.05) is 53.4 Å². The molecular weight excluding hydrogens is 707 g/mol. The van der Waals surface area contributed by atoms with Crippen molar-refractivity contribution in [2.75, 3.05) is 0 Å². The van der Waals surface area contributed by atoms with Crippen LogP contribution in [0.25, 0.3) is 110 Å². The van der Waals surface area contributed by atoms with E-state index in [9.17, 15) is 0 Å². The molecule has 0 fully saturated rings. The molecule has 11 rings (SSSR count). The first-order chi connectivity index (χ1) is 27.7. The Balaban J connectivity index is 1.02. The van der Waals surface area contributed by atoms with E-state index in [1.165, 1.54) is 10.3 Å². The van der Waals surface area contributed by atoms with Gasteiger partial charge in [-0.2, -0.15) is 0 Å². The van der Waals surface area contributed by atoms with E-state index in [0.29, 0.717) is 28.9 Å². The van der Waals surface area contributed by atoms with E-state index in [0.717, 1.165) is 71.0 Å². The summed E-state index contributed by atoms with van der Waals surface area (Å²) in [5.74, 6) is 2.57. The Bertz CT molecular complexity index is 3180. The molecule has 4 heterocycles. The highest BCUT2D eigenvalue weighted by Gasteiger charge is 2.20. The summed E-state index contributed by atoms with van der Waals surface area (Å²) in [5, 5.41) is 3.27. The van der Waals surface area contributed by atoms with Gasteiger partial charge in [0.25, 0.3) is 0 Å². The van der Waals surface area contributed by atoms with E-state index in [1.807, 2.05) is 84.9 Å². The highest BCUT2D eigenvalue weighted by atomic mass is 32.1. The minimum atomic E-state index is 0.635. The third-order valence-electron chi connectivity index (χ3n) is 10.2. The zero-order valence-electron chi connectivity index (χ0n) is 29.8. The van der Waals surface area contributed by atoms with Gasteiger partial charge in [0.15, 0.2) is 28.9 Å². The second kappa shape index (κ2) is 13.2. The van der Waals surface area contributed by atoms with Crippen molar-refractivity contribution >= 4 is 53.6 Å². The fourth-order valence-electron chi connectivity index (χ4n) is 7.36. The van der Waals surface area contributed by atoms with Crippen molar-refractivity contribution in [3.63, 3.8) is 0 Å². The zero-order valence-corrected chi connectivity index (χ0v) is 30.6. The van der Waals surface area contributed by atoms with Crippen LogP contribution in [0, 0.1) is 0 Å². The first-order valence-electron chi connectivity index (χ1n) is 18.4. The van der Waals surface area contributed by atoms with Gasteiger partial charge in [-0.3, -0.25) is 0 Å². The van der Waals surface area contributed by atoms with Gasteiger partial charge in [-0.15, -0.1) is 11.3 Å². The van der Waals surface area contributed by atoms with Crippen LogP contribution in [0.4, 0.5) is 0 Å². The number of hydrogen-bond donors (Lipinski definition) is 0. The number of hydrogen-bond acceptors (Lipinski definition) is 7. The Morgan fingerprint density at radius 3 is 1.55 bits per heavy atom. The van der Waals surface area contributed by atoms with Crippen LogP contribution in [0.2, 0.25) is 0 Å². The molecule has 262 valence electrons. The maximum atomic E-state index is 6.43. The van der Waals surface area contributed by atoms with Crippen molar-refractivity contribution in [2.24, 2.45) is 0 Å². The molecule has 0 aliphatic heterocycles. The number of fused-ring (bicyclic) bond motifs is 6. The summed E-state index contributed by atoms with van der Waals surface area (Å²) < 4.78 is 8.76. The molecule has 0 saturated carbocycles. The summed E-state index contributed by atoms with van der Waals surface area (Å²) in [7, 11) is 0. The molecule has 7 heteroatoms. The highest BCUT2D eigenvalue weighted by Crippen LogP contribution is 2.40. The van der Waals surface area contributed by atoms with Crippen LogP contribution in [0.15, 0.2) is 180 Å². The number of thiophene rings is 1. The lowest BCUT2D eigenvalue weighted by Crippen LogP contribution is -1.99. The van der Waals surface area contributed by atoms with Crippen LogP contribution in [0.5, 0.6) is 0 Å². The Hall–Kier alpha value is -7.35. The smallest absolute Gasteiger partial charge is 0.180 e. The number of para-hydroxylation sites is 1. The second-order valence-corrected chi connectivity index (χ2v) is 14.8. The lowest BCUT2D eigenvalue weighted by Gasteiger charge is -2.08. The molecule has 56 heavy (non-hydrogen) atoms. The monoisotopic (exact) mass is 735 g/mol. The molecule has 0 unspecified atom stereocenters. The van der Waals surface area contributed by atoms with Crippen molar-refractivity contribution in [3.8, 4) is 67.9 Å². The molecule has 7 aromatic carbocycles. The van der Waals surface area contributed by atoms with Gasteiger partial charge in [0.2, 0.25) is 0 Å². The van der Waals surface area contributed by atoms with Gasteiger partial charge in [0.1, 0.15) is 16.8 Å². The zero-order chi connectivity index (χ0) is 37.0. The maximum Gasteiger partial charge on any atom is 0.180 e. The Labute approximate surface area is 325 Å². The first-order valence-corrected chi connectivity index (χ1v) is 19.2. The topological polar surface area (TPSA) is 77.6 Å². The second-order valence-electron chi connectivity index (χ2n) is 13.7. The third-order valence-corrected chi connectivity index (χ3v) is 11.3. The maximum absolute atomic E-state index is 6.43. The van der Waals surface area contributed by atoms with Gasteiger partial charge in [-0.25, -0.2) is 24.9 Å². The van der Waals surface area contributed by atoms with Crippen molar-refractivity contribution in [1.82, 2.24) is 24.9 Å². The quantitative estimate of drug-likeness (QED) is 0.169. The van der Waals surface area contributed by atoms with Crippen molar-refractivity contribution in [1.29, 1.82) is 0 Å². The predicted molar refractivity (Wildman–Crippen MR) is 228 cm³/mol. The van der Waals surface area contributed by atoms with Crippen molar-refractivity contribution in [2.45, 2.75) is 0 Å². The molecule has 0 atom stereocenters. The lowest BCUT2D eigenvalue weighted by molar-refractivity contribution is 0.667. The van der Waals surface area contributed by atoms with E-state index in [-0.39, 0.29) is 0 Å². The van der Waals surface area contributed by atoms with Crippen LogP contribution >= 0.6 is 11.3 Å². The summed E-state index contributed by atoms with van der Waals surface area (Å²) >= 11 is 1.75. The first kappa shape index (κ1) is 32.1. The molecule has 0 aliphatic rings. The average molecular weight is 736 g/mol. The van der Waals surface area contributed by atoms with Gasteiger partial charge in [0.05, 0.1) is 0 Å². The number of benzene rings is 7. The SMILES string of the molecule is c1ccc(-c2ccc(-c3nc(-c4ccc5sc6cc(-c7nc(-c8ccccc8)nc(-c8ccccc8)n7)ccc6c5c4)nc4c3oc3ccccc34)cc2)cc1. The largest absolute Gasteiger partial charge is 0.452 e. The number of rotatable bonds is 6. The van der Waals surface area contributed by atoms with Gasteiger partial charge < -0.3 is 4.42 Å². The molecule has 0 saturated heterocycles. The molecule has 0 spiro atoms. The number of furan rings is 1. The predicted octanol–water partition coefficient (Wildman–Crippen LogP) is 12.9. The van der Waals surface area contributed by atoms with E-state index in [1.54, 1.807) is 11.3 Å². The molecule has 0 radical (unpaired) electrons. The molecule has 0 N–H and O–H groups in total. The van der Waals surface area contributed by atoms with Gasteiger partial charge in [-0.1, -0.05) is 140 Å². The fraction of sp³-hybridized carbons (Fsp3) is 0. The lowest BCUT2D eigenvalue weighted by atomic mass is 10.0. The normalized spacial score (nSPS) is 11.6.